The van der Waals surface area contributed by atoms with E-state index in [1.165, 1.54) is 0 Å². The van der Waals surface area contributed by atoms with Crippen LogP contribution in [0.15, 0.2) is 12.5 Å². The van der Waals surface area contributed by atoms with Gasteiger partial charge in [0.15, 0.2) is 0 Å². The Hall–Kier alpha value is -0.830. The molecule has 0 aromatic carbocycles. The fraction of sp³-hybridized carbons (Fsp3) is 0.700. The maximum atomic E-state index is 5.97. The van der Waals surface area contributed by atoms with E-state index in [1.54, 1.807) is 0 Å². The molecule has 1 unspecified atom stereocenters. The van der Waals surface area contributed by atoms with Crippen LogP contribution in [0.5, 0.6) is 0 Å². The van der Waals surface area contributed by atoms with Gasteiger partial charge in [0, 0.05) is 18.3 Å². The number of hydrogen-bond acceptors (Lipinski definition) is 2. The highest BCUT2D eigenvalue weighted by atomic mass is 15.1. The number of nitrogens with zero attached hydrogens (tertiary/aromatic N) is 2. The molecule has 0 aliphatic carbocycles. The van der Waals surface area contributed by atoms with E-state index < -0.39 is 0 Å². The Morgan fingerprint density at radius 2 is 2.15 bits per heavy atom. The first-order chi connectivity index (χ1) is 6.20. The predicted octanol–water partition coefficient (Wildman–Crippen LogP) is 2.26. The van der Waals surface area contributed by atoms with Gasteiger partial charge in [-0.3, -0.25) is 0 Å². The molecule has 0 saturated carbocycles. The van der Waals surface area contributed by atoms with Crippen molar-refractivity contribution in [2.24, 2.45) is 5.73 Å². The summed E-state index contributed by atoms with van der Waals surface area (Å²) < 4.78 is 2.17. The highest BCUT2D eigenvalue weighted by Gasteiger charge is 2.12. The summed E-state index contributed by atoms with van der Waals surface area (Å²) >= 11 is 0. The van der Waals surface area contributed by atoms with Crippen molar-refractivity contribution in [2.75, 3.05) is 0 Å². The summed E-state index contributed by atoms with van der Waals surface area (Å²) in [7, 11) is 0. The molecule has 0 aliphatic rings. The summed E-state index contributed by atoms with van der Waals surface area (Å²) in [6, 6.07) is 0.617. The van der Waals surface area contributed by atoms with Gasteiger partial charge in [0.05, 0.1) is 12.0 Å². The molecule has 1 aromatic rings. The number of imidazole rings is 1. The van der Waals surface area contributed by atoms with E-state index >= 15 is 0 Å². The Morgan fingerprint density at radius 1 is 1.46 bits per heavy atom. The second kappa shape index (κ2) is 4.42. The first-order valence-electron chi connectivity index (χ1n) is 4.98. The first-order valence-corrected chi connectivity index (χ1v) is 4.98. The Balaban J connectivity index is 2.88. The second-order valence-corrected chi connectivity index (χ2v) is 3.50. The number of rotatable bonds is 4. The van der Waals surface area contributed by atoms with E-state index in [0.717, 1.165) is 18.5 Å². The average Bonchev–Trinajstić information content (AvgIpc) is 2.63. The van der Waals surface area contributed by atoms with Crippen LogP contribution < -0.4 is 5.73 Å². The minimum atomic E-state index is 0.122. The lowest BCUT2D eigenvalue weighted by Gasteiger charge is -2.17. The molecule has 3 heteroatoms. The summed E-state index contributed by atoms with van der Waals surface area (Å²) in [5.41, 5.74) is 7.12. The van der Waals surface area contributed by atoms with Crippen molar-refractivity contribution in [3.8, 4) is 0 Å². The standard InChI is InChI=1S/C10H19N3/c1-4-8(3)13-7-12-6-10(13)9(11)5-2/h6-9H,4-5,11H2,1-3H3/t8?,9-/m1/s1. The number of aromatic nitrogens is 2. The molecule has 2 atom stereocenters. The van der Waals surface area contributed by atoms with Gasteiger partial charge in [-0.1, -0.05) is 13.8 Å². The summed E-state index contributed by atoms with van der Waals surface area (Å²) in [5.74, 6) is 0. The lowest BCUT2D eigenvalue weighted by atomic mass is 10.1. The highest BCUT2D eigenvalue weighted by molar-refractivity contribution is 5.05. The fourth-order valence-corrected chi connectivity index (χ4v) is 1.38. The van der Waals surface area contributed by atoms with Gasteiger partial charge in [-0.2, -0.15) is 0 Å². The van der Waals surface area contributed by atoms with E-state index in [2.05, 4.69) is 30.3 Å². The zero-order valence-corrected chi connectivity index (χ0v) is 8.70. The normalized spacial score (nSPS) is 15.7. The largest absolute Gasteiger partial charge is 0.330 e. The number of nitrogens with two attached hydrogens (primary N) is 1. The summed E-state index contributed by atoms with van der Waals surface area (Å²) in [4.78, 5) is 4.14. The van der Waals surface area contributed by atoms with E-state index in [9.17, 15) is 0 Å². The number of hydrogen-bond donors (Lipinski definition) is 1. The van der Waals surface area contributed by atoms with Crippen LogP contribution in [-0.2, 0) is 0 Å². The Morgan fingerprint density at radius 3 is 2.69 bits per heavy atom. The lowest BCUT2D eigenvalue weighted by molar-refractivity contribution is 0.489. The van der Waals surface area contributed by atoms with Crippen LogP contribution in [0.1, 0.15) is 51.4 Å². The summed E-state index contributed by atoms with van der Waals surface area (Å²) in [6.07, 6.45) is 5.82. The second-order valence-electron chi connectivity index (χ2n) is 3.50. The minimum absolute atomic E-state index is 0.122. The van der Waals surface area contributed by atoms with Gasteiger partial charge in [0.1, 0.15) is 0 Å². The van der Waals surface area contributed by atoms with Gasteiger partial charge in [-0.05, 0) is 19.8 Å². The molecule has 1 aromatic heterocycles. The Bertz CT molecular complexity index is 230. The zero-order valence-electron chi connectivity index (χ0n) is 8.70. The molecule has 0 fully saturated rings. The van der Waals surface area contributed by atoms with Crippen LogP contribution >= 0.6 is 0 Å². The van der Waals surface area contributed by atoms with Crippen molar-refractivity contribution in [3.63, 3.8) is 0 Å². The van der Waals surface area contributed by atoms with Gasteiger partial charge >= 0.3 is 0 Å². The van der Waals surface area contributed by atoms with Gasteiger partial charge in [0.25, 0.3) is 0 Å². The molecule has 74 valence electrons. The molecule has 3 nitrogen and oxygen atoms in total. The molecular weight excluding hydrogens is 162 g/mol. The molecule has 13 heavy (non-hydrogen) atoms. The smallest absolute Gasteiger partial charge is 0.0951 e. The minimum Gasteiger partial charge on any atom is -0.330 e. The first kappa shape index (κ1) is 10.3. The van der Waals surface area contributed by atoms with Crippen LogP contribution in [-0.4, -0.2) is 9.55 Å². The predicted molar refractivity (Wildman–Crippen MR) is 54.4 cm³/mol. The van der Waals surface area contributed by atoms with Gasteiger partial charge in [-0.25, -0.2) is 4.98 Å². The molecule has 0 spiro atoms. The van der Waals surface area contributed by atoms with E-state index in [4.69, 9.17) is 5.73 Å². The third-order valence-electron chi connectivity index (χ3n) is 2.58. The third-order valence-corrected chi connectivity index (χ3v) is 2.58. The molecule has 1 heterocycles. The van der Waals surface area contributed by atoms with Crippen molar-refractivity contribution in [2.45, 2.75) is 45.7 Å². The van der Waals surface area contributed by atoms with Crippen LogP contribution in [0.3, 0.4) is 0 Å². The van der Waals surface area contributed by atoms with Crippen molar-refractivity contribution >= 4 is 0 Å². The lowest BCUT2D eigenvalue weighted by Crippen LogP contribution is -2.16. The maximum Gasteiger partial charge on any atom is 0.0951 e. The van der Waals surface area contributed by atoms with Crippen molar-refractivity contribution in [1.29, 1.82) is 0 Å². The fourth-order valence-electron chi connectivity index (χ4n) is 1.38. The van der Waals surface area contributed by atoms with Crippen molar-refractivity contribution in [1.82, 2.24) is 9.55 Å². The molecular formula is C10H19N3. The topological polar surface area (TPSA) is 43.8 Å². The van der Waals surface area contributed by atoms with E-state index in [-0.39, 0.29) is 6.04 Å². The molecule has 0 bridgehead atoms. The van der Waals surface area contributed by atoms with Crippen molar-refractivity contribution in [3.05, 3.63) is 18.2 Å². The molecule has 0 amide bonds. The van der Waals surface area contributed by atoms with Crippen LogP contribution in [0.4, 0.5) is 0 Å². The van der Waals surface area contributed by atoms with Gasteiger partial charge in [-0.15, -0.1) is 0 Å². The summed E-state index contributed by atoms with van der Waals surface area (Å²) in [5, 5.41) is 0. The summed E-state index contributed by atoms with van der Waals surface area (Å²) in [6.45, 7) is 6.46. The van der Waals surface area contributed by atoms with Crippen LogP contribution in [0.25, 0.3) is 0 Å². The van der Waals surface area contributed by atoms with Crippen LogP contribution in [0.2, 0.25) is 0 Å². The third kappa shape index (κ3) is 2.10. The molecule has 0 saturated heterocycles. The van der Waals surface area contributed by atoms with Crippen molar-refractivity contribution < 1.29 is 0 Å². The van der Waals surface area contributed by atoms with E-state index in [1.807, 2.05) is 12.5 Å². The molecule has 1 rings (SSSR count). The average molecular weight is 181 g/mol. The quantitative estimate of drug-likeness (QED) is 0.774. The maximum absolute atomic E-state index is 5.97. The molecule has 0 radical (unpaired) electrons. The zero-order chi connectivity index (χ0) is 9.84. The van der Waals surface area contributed by atoms with Crippen LogP contribution in [0, 0.1) is 0 Å². The van der Waals surface area contributed by atoms with E-state index in [0.29, 0.717) is 6.04 Å². The molecule has 0 aliphatic heterocycles. The highest BCUT2D eigenvalue weighted by Crippen LogP contribution is 2.19. The monoisotopic (exact) mass is 181 g/mol. The Labute approximate surface area is 80.0 Å². The van der Waals surface area contributed by atoms with Gasteiger partial charge in [0.2, 0.25) is 0 Å². The SMILES string of the molecule is CCC(C)n1cncc1[C@H](N)CC. The Kier molecular flexibility index (Phi) is 3.48. The molecule has 2 N–H and O–H groups in total. The van der Waals surface area contributed by atoms with Gasteiger partial charge < -0.3 is 10.3 Å².